The SMILES string of the molecule is CC1CC(C)CN([C@@H]2CCCC[C@H]2O)C1. The second-order valence-electron chi connectivity index (χ2n) is 5.82. The van der Waals surface area contributed by atoms with Gasteiger partial charge in [0.15, 0.2) is 0 Å². The molecule has 1 heterocycles. The van der Waals surface area contributed by atoms with E-state index in [2.05, 4.69) is 18.7 Å². The lowest BCUT2D eigenvalue weighted by molar-refractivity contribution is -0.00903. The van der Waals surface area contributed by atoms with Crippen LogP contribution in [0.5, 0.6) is 0 Å². The third kappa shape index (κ3) is 2.73. The van der Waals surface area contributed by atoms with E-state index in [0.29, 0.717) is 6.04 Å². The van der Waals surface area contributed by atoms with Crippen molar-refractivity contribution in [3.63, 3.8) is 0 Å². The van der Waals surface area contributed by atoms with Gasteiger partial charge in [0.25, 0.3) is 0 Å². The fourth-order valence-electron chi connectivity index (χ4n) is 3.50. The van der Waals surface area contributed by atoms with Gasteiger partial charge in [0.2, 0.25) is 0 Å². The molecule has 1 saturated heterocycles. The summed E-state index contributed by atoms with van der Waals surface area (Å²) >= 11 is 0. The minimum absolute atomic E-state index is 0.0590. The third-order valence-electron chi connectivity index (χ3n) is 4.06. The maximum atomic E-state index is 10.1. The van der Waals surface area contributed by atoms with E-state index >= 15 is 0 Å². The number of aliphatic hydroxyl groups excluding tert-OH is 1. The van der Waals surface area contributed by atoms with Gasteiger partial charge in [0.1, 0.15) is 0 Å². The quantitative estimate of drug-likeness (QED) is 0.719. The Morgan fingerprint density at radius 2 is 1.60 bits per heavy atom. The lowest BCUT2D eigenvalue weighted by Crippen LogP contribution is -2.51. The summed E-state index contributed by atoms with van der Waals surface area (Å²) in [6, 6.07) is 0.462. The first-order valence-corrected chi connectivity index (χ1v) is 6.59. The van der Waals surface area contributed by atoms with Gasteiger partial charge in [-0.3, -0.25) is 4.90 Å². The second kappa shape index (κ2) is 4.84. The number of hydrogen-bond acceptors (Lipinski definition) is 2. The van der Waals surface area contributed by atoms with Crippen molar-refractivity contribution in [2.75, 3.05) is 13.1 Å². The lowest BCUT2D eigenvalue weighted by Gasteiger charge is -2.43. The molecule has 88 valence electrons. The molecule has 1 aliphatic heterocycles. The minimum atomic E-state index is -0.0590. The van der Waals surface area contributed by atoms with E-state index in [1.54, 1.807) is 0 Å². The normalized spacial score (nSPS) is 44.2. The van der Waals surface area contributed by atoms with Crippen molar-refractivity contribution in [1.82, 2.24) is 4.90 Å². The third-order valence-corrected chi connectivity index (χ3v) is 4.06. The van der Waals surface area contributed by atoms with Crippen molar-refractivity contribution < 1.29 is 5.11 Å². The van der Waals surface area contributed by atoms with Gasteiger partial charge in [-0.15, -0.1) is 0 Å². The van der Waals surface area contributed by atoms with Crippen LogP contribution < -0.4 is 0 Å². The molecular formula is C13H25NO. The zero-order valence-electron chi connectivity index (χ0n) is 10.2. The molecule has 2 aliphatic rings. The largest absolute Gasteiger partial charge is 0.391 e. The van der Waals surface area contributed by atoms with Crippen LogP contribution in [0.15, 0.2) is 0 Å². The first-order valence-electron chi connectivity index (χ1n) is 6.59. The van der Waals surface area contributed by atoms with Crippen LogP contribution in [0.4, 0.5) is 0 Å². The highest BCUT2D eigenvalue weighted by molar-refractivity contribution is 4.87. The Kier molecular flexibility index (Phi) is 3.68. The highest BCUT2D eigenvalue weighted by Crippen LogP contribution is 2.29. The molecule has 0 bridgehead atoms. The number of aliphatic hydroxyl groups is 1. The molecule has 15 heavy (non-hydrogen) atoms. The molecule has 1 aliphatic carbocycles. The van der Waals surface area contributed by atoms with Gasteiger partial charge in [0.05, 0.1) is 6.10 Å². The Bertz CT molecular complexity index is 197. The van der Waals surface area contributed by atoms with Crippen molar-refractivity contribution in [1.29, 1.82) is 0 Å². The molecule has 0 spiro atoms. The van der Waals surface area contributed by atoms with Crippen LogP contribution >= 0.6 is 0 Å². The van der Waals surface area contributed by atoms with E-state index in [4.69, 9.17) is 0 Å². The summed E-state index contributed by atoms with van der Waals surface area (Å²) in [5.41, 5.74) is 0. The summed E-state index contributed by atoms with van der Waals surface area (Å²) in [6.07, 6.45) is 6.05. The molecule has 1 saturated carbocycles. The number of hydrogen-bond donors (Lipinski definition) is 1. The summed E-state index contributed by atoms with van der Waals surface area (Å²) in [6.45, 7) is 7.09. The molecular weight excluding hydrogens is 186 g/mol. The second-order valence-corrected chi connectivity index (χ2v) is 5.82. The van der Waals surface area contributed by atoms with E-state index in [-0.39, 0.29) is 6.10 Å². The molecule has 2 unspecified atom stereocenters. The first kappa shape index (κ1) is 11.4. The fraction of sp³-hybridized carbons (Fsp3) is 1.00. The Morgan fingerprint density at radius 3 is 2.20 bits per heavy atom. The van der Waals surface area contributed by atoms with Crippen molar-refractivity contribution in [3.05, 3.63) is 0 Å². The van der Waals surface area contributed by atoms with Crippen LogP contribution in [0, 0.1) is 11.8 Å². The topological polar surface area (TPSA) is 23.5 Å². The molecule has 0 aromatic rings. The highest BCUT2D eigenvalue weighted by atomic mass is 16.3. The maximum Gasteiger partial charge on any atom is 0.0695 e. The van der Waals surface area contributed by atoms with Gasteiger partial charge in [0, 0.05) is 19.1 Å². The van der Waals surface area contributed by atoms with E-state index in [9.17, 15) is 5.11 Å². The molecule has 2 fully saturated rings. The number of likely N-dealkylation sites (tertiary alicyclic amines) is 1. The zero-order valence-corrected chi connectivity index (χ0v) is 10.2. The van der Waals surface area contributed by atoms with Crippen LogP contribution in [-0.4, -0.2) is 35.2 Å². The van der Waals surface area contributed by atoms with Crippen LogP contribution in [-0.2, 0) is 0 Å². The molecule has 2 nitrogen and oxygen atoms in total. The summed E-state index contributed by atoms with van der Waals surface area (Å²) in [5.74, 6) is 1.62. The average molecular weight is 211 g/mol. The highest BCUT2D eigenvalue weighted by Gasteiger charge is 2.32. The number of nitrogens with zero attached hydrogens (tertiary/aromatic N) is 1. The van der Waals surface area contributed by atoms with Crippen molar-refractivity contribution in [2.45, 2.75) is 58.1 Å². The number of rotatable bonds is 1. The smallest absolute Gasteiger partial charge is 0.0695 e. The Hall–Kier alpha value is -0.0800. The van der Waals surface area contributed by atoms with E-state index in [0.717, 1.165) is 18.3 Å². The standard InChI is InChI=1S/C13H25NO/c1-10-7-11(2)9-14(8-10)12-5-3-4-6-13(12)15/h10-13,15H,3-9H2,1-2H3/t10?,11?,12-,13-/m1/s1. The van der Waals surface area contributed by atoms with Gasteiger partial charge < -0.3 is 5.11 Å². The van der Waals surface area contributed by atoms with Gasteiger partial charge in [-0.1, -0.05) is 26.7 Å². The van der Waals surface area contributed by atoms with Gasteiger partial charge in [-0.25, -0.2) is 0 Å². The Morgan fingerprint density at radius 1 is 1.00 bits per heavy atom. The summed E-state index contributed by atoms with van der Waals surface area (Å²) in [7, 11) is 0. The van der Waals surface area contributed by atoms with Crippen molar-refractivity contribution in [2.24, 2.45) is 11.8 Å². The molecule has 0 radical (unpaired) electrons. The zero-order chi connectivity index (χ0) is 10.8. The molecule has 0 aromatic carbocycles. The first-order chi connectivity index (χ1) is 7.16. The monoisotopic (exact) mass is 211 g/mol. The van der Waals surface area contributed by atoms with Gasteiger partial charge >= 0.3 is 0 Å². The maximum absolute atomic E-state index is 10.1. The molecule has 0 amide bonds. The van der Waals surface area contributed by atoms with Gasteiger partial charge in [-0.05, 0) is 31.1 Å². The minimum Gasteiger partial charge on any atom is -0.391 e. The van der Waals surface area contributed by atoms with E-state index < -0.39 is 0 Å². The van der Waals surface area contributed by atoms with Gasteiger partial charge in [-0.2, -0.15) is 0 Å². The van der Waals surface area contributed by atoms with Crippen LogP contribution in [0.3, 0.4) is 0 Å². The van der Waals surface area contributed by atoms with E-state index in [1.165, 1.54) is 38.8 Å². The molecule has 0 aromatic heterocycles. The Labute approximate surface area is 93.7 Å². The predicted molar refractivity (Wildman–Crippen MR) is 62.8 cm³/mol. The van der Waals surface area contributed by atoms with Crippen LogP contribution in [0.2, 0.25) is 0 Å². The van der Waals surface area contributed by atoms with Crippen LogP contribution in [0.25, 0.3) is 0 Å². The van der Waals surface area contributed by atoms with Crippen molar-refractivity contribution >= 4 is 0 Å². The number of piperidine rings is 1. The van der Waals surface area contributed by atoms with E-state index in [1.807, 2.05) is 0 Å². The molecule has 2 heteroatoms. The predicted octanol–water partition coefficient (Wildman–Crippen LogP) is 2.27. The van der Waals surface area contributed by atoms with Crippen LogP contribution in [0.1, 0.15) is 46.0 Å². The summed E-state index contributed by atoms with van der Waals surface area (Å²) in [5, 5.41) is 10.1. The molecule has 2 rings (SSSR count). The summed E-state index contributed by atoms with van der Waals surface area (Å²) < 4.78 is 0. The molecule has 4 atom stereocenters. The fourth-order valence-corrected chi connectivity index (χ4v) is 3.50. The Balaban J connectivity index is 1.95. The summed E-state index contributed by atoms with van der Waals surface area (Å²) in [4.78, 5) is 2.56. The average Bonchev–Trinajstić information content (AvgIpc) is 2.16. The molecule has 1 N–H and O–H groups in total. The van der Waals surface area contributed by atoms with Crippen molar-refractivity contribution in [3.8, 4) is 0 Å². The lowest BCUT2D eigenvalue weighted by atomic mass is 9.86.